The molecule has 4 nitrogen and oxygen atoms in total. The molecule has 1 aromatic rings. The first-order valence-corrected chi connectivity index (χ1v) is 7.96. The van der Waals surface area contributed by atoms with Crippen LogP contribution in [0.2, 0.25) is 5.02 Å². The summed E-state index contributed by atoms with van der Waals surface area (Å²) in [6.07, 6.45) is 1.35. The Labute approximate surface area is 129 Å². The maximum atomic E-state index is 13.7. The van der Waals surface area contributed by atoms with Crippen molar-refractivity contribution in [3.8, 4) is 0 Å². The molecular formula is C12H17Cl2FN2O2S. The predicted octanol–water partition coefficient (Wildman–Crippen LogP) is 2.32. The Kier molecular flexibility index (Phi) is 6.22. The fourth-order valence-electron chi connectivity index (χ4n) is 2.26. The summed E-state index contributed by atoms with van der Waals surface area (Å²) in [5.41, 5.74) is 0. The third-order valence-corrected chi connectivity index (χ3v) is 5.16. The summed E-state index contributed by atoms with van der Waals surface area (Å²) >= 11 is 5.79. The van der Waals surface area contributed by atoms with Crippen LogP contribution in [0.1, 0.15) is 19.8 Å². The van der Waals surface area contributed by atoms with Gasteiger partial charge in [-0.3, -0.25) is 0 Å². The maximum Gasteiger partial charge on any atom is 0.245 e. The van der Waals surface area contributed by atoms with Crippen LogP contribution in [0.3, 0.4) is 0 Å². The number of rotatable bonds is 3. The first kappa shape index (κ1) is 17.7. The zero-order valence-corrected chi connectivity index (χ0v) is 13.3. The molecule has 20 heavy (non-hydrogen) atoms. The molecule has 1 aliphatic heterocycles. The summed E-state index contributed by atoms with van der Waals surface area (Å²) in [5.74, 6) is -0.831. The second-order valence-electron chi connectivity index (χ2n) is 4.75. The number of piperidine rings is 1. The minimum atomic E-state index is -3.93. The molecule has 0 saturated carbocycles. The largest absolute Gasteiger partial charge is 0.314 e. The molecule has 8 heteroatoms. The maximum absolute atomic E-state index is 13.7. The lowest BCUT2D eigenvalue weighted by molar-refractivity contribution is 0.361. The van der Waals surface area contributed by atoms with E-state index in [0.717, 1.165) is 12.6 Å². The van der Waals surface area contributed by atoms with E-state index in [4.69, 9.17) is 11.6 Å². The van der Waals surface area contributed by atoms with E-state index in [-0.39, 0.29) is 29.5 Å². The standard InChI is InChI=1S/C12H16ClFN2O2S.ClH/c1-8-7-9(5-6-15-8)16-19(17,18)12-10(13)3-2-4-11(12)14;/h2-4,8-9,15-16H,5-7H2,1H3;1H. The molecule has 0 amide bonds. The summed E-state index contributed by atoms with van der Waals surface area (Å²) in [6.45, 7) is 2.72. The normalized spacial score (nSPS) is 23.1. The van der Waals surface area contributed by atoms with Gasteiger partial charge >= 0.3 is 0 Å². The number of nitrogens with one attached hydrogen (secondary N) is 2. The number of benzene rings is 1. The fraction of sp³-hybridized carbons (Fsp3) is 0.500. The molecule has 0 spiro atoms. The van der Waals surface area contributed by atoms with Gasteiger partial charge in [-0.1, -0.05) is 17.7 Å². The Morgan fingerprint density at radius 2 is 2.15 bits per heavy atom. The lowest BCUT2D eigenvalue weighted by atomic mass is 10.0. The van der Waals surface area contributed by atoms with Gasteiger partial charge in [-0.15, -0.1) is 12.4 Å². The molecule has 1 saturated heterocycles. The number of sulfonamides is 1. The van der Waals surface area contributed by atoms with Gasteiger partial charge in [0.15, 0.2) is 0 Å². The molecule has 1 aliphatic rings. The molecule has 1 heterocycles. The van der Waals surface area contributed by atoms with Gasteiger partial charge < -0.3 is 5.32 Å². The summed E-state index contributed by atoms with van der Waals surface area (Å²) in [7, 11) is -3.93. The van der Waals surface area contributed by atoms with Gasteiger partial charge in [-0.05, 0) is 38.4 Å². The fourth-order valence-corrected chi connectivity index (χ4v) is 4.14. The van der Waals surface area contributed by atoms with Gasteiger partial charge in [-0.2, -0.15) is 0 Å². The average molecular weight is 343 g/mol. The molecule has 0 radical (unpaired) electrons. The summed E-state index contributed by atoms with van der Waals surface area (Å²) in [4.78, 5) is -0.470. The second kappa shape index (κ2) is 7.04. The van der Waals surface area contributed by atoms with E-state index >= 15 is 0 Å². The third kappa shape index (κ3) is 4.05. The molecule has 2 N–H and O–H groups in total. The quantitative estimate of drug-likeness (QED) is 0.886. The van der Waals surface area contributed by atoms with Crippen molar-refractivity contribution in [2.75, 3.05) is 6.54 Å². The van der Waals surface area contributed by atoms with Crippen molar-refractivity contribution in [1.29, 1.82) is 0 Å². The van der Waals surface area contributed by atoms with E-state index in [9.17, 15) is 12.8 Å². The average Bonchev–Trinajstić information content (AvgIpc) is 2.27. The molecule has 1 fully saturated rings. The van der Waals surface area contributed by atoms with Crippen LogP contribution in [0, 0.1) is 5.82 Å². The smallest absolute Gasteiger partial charge is 0.245 e. The number of hydrogen-bond donors (Lipinski definition) is 2. The zero-order valence-electron chi connectivity index (χ0n) is 10.9. The van der Waals surface area contributed by atoms with Gasteiger partial charge in [0.25, 0.3) is 0 Å². The summed E-state index contributed by atoms with van der Waals surface area (Å²) in [5, 5.41) is 3.12. The van der Waals surface area contributed by atoms with Gasteiger partial charge in [-0.25, -0.2) is 17.5 Å². The lowest BCUT2D eigenvalue weighted by Crippen LogP contribution is -2.46. The first-order valence-electron chi connectivity index (χ1n) is 6.10. The van der Waals surface area contributed by atoms with Crippen molar-refractivity contribution in [3.05, 3.63) is 29.0 Å². The number of hydrogen-bond acceptors (Lipinski definition) is 3. The van der Waals surface area contributed by atoms with Crippen LogP contribution in [0.15, 0.2) is 23.1 Å². The van der Waals surface area contributed by atoms with E-state index in [0.29, 0.717) is 12.8 Å². The van der Waals surface area contributed by atoms with Crippen molar-refractivity contribution < 1.29 is 12.8 Å². The summed E-state index contributed by atoms with van der Waals surface area (Å²) in [6, 6.07) is 3.87. The highest BCUT2D eigenvalue weighted by atomic mass is 35.5. The van der Waals surface area contributed by atoms with Crippen LogP contribution in [0.4, 0.5) is 4.39 Å². The molecular weight excluding hydrogens is 326 g/mol. The van der Waals surface area contributed by atoms with Crippen molar-refractivity contribution in [3.63, 3.8) is 0 Å². The predicted molar refractivity (Wildman–Crippen MR) is 79.5 cm³/mol. The highest BCUT2D eigenvalue weighted by Gasteiger charge is 2.28. The second-order valence-corrected chi connectivity index (χ2v) is 6.81. The highest BCUT2D eigenvalue weighted by Crippen LogP contribution is 2.25. The molecule has 2 unspecified atom stereocenters. The molecule has 2 rings (SSSR count). The van der Waals surface area contributed by atoms with E-state index in [2.05, 4.69) is 10.0 Å². The number of halogens is 3. The molecule has 114 valence electrons. The lowest BCUT2D eigenvalue weighted by Gasteiger charge is -2.28. The Balaban J connectivity index is 0.00000200. The van der Waals surface area contributed by atoms with Crippen LogP contribution in [-0.4, -0.2) is 27.0 Å². The minimum Gasteiger partial charge on any atom is -0.314 e. The van der Waals surface area contributed by atoms with E-state index < -0.39 is 20.7 Å². The van der Waals surface area contributed by atoms with Crippen LogP contribution in [0.25, 0.3) is 0 Å². The van der Waals surface area contributed by atoms with Gasteiger partial charge in [0.05, 0.1) is 5.02 Å². The van der Waals surface area contributed by atoms with Crippen LogP contribution < -0.4 is 10.0 Å². The minimum absolute atomic E-state index is 0. The zero-order chi connectivity index (χ0) is 14.0. The van der Waals surface area contributed by atoms with E-state index in [1.165, 1.54) is 12.1 Å². The molecule has 0 bridgehead atoms. The van der Waals surface area contributed by atoms with E-state index in [1.807, 2.05) is 6.92 Å². The highest BCUT2D eigenvalue weighted by molar-refractivity contribution is 7.89. The van der Waals surface area contributed by atoms with Crippen LogP contribution >= 0.6 is 24.0 Å². The van der Waals surface area contributed by atoms with Gasteiger partial charge in [0, 0.05) is 12.1 Å². The van der Waals surface area contributed by atoms with Crippen molar-refractivity contribution in [2.24, 2.45) is 0 Å². The van der Waals surface area contributed by atoms with E-state index in [1.54, 1.807) is 0 Å². The SMILES string of the molecule is CC1CC(NS(=O)(=O)c2c(F)cccc2Cl)CCN1.Cl. The Hall–Kier alpha value is -0.400. The molecule has 0 aromatic heterocycles. The first-order chi connectivity index (χ1) is 8.90. The van der Waals surface area contributed by atoms with Crippen LogP contribution in [-0.2, 0) is 10.0 Å². The van der Waals surface area contributed by atoms with Crippen molar-refractivity contribution >= 4 is 34.0 Å². The Morgan fingerprint density at radius 1 is 1.45 bits per heavy atom. The third-order valence-electron chi connectivity index (χ3n) is 3.13. The van der Waals surface area contributed by atoms with Crippen LogP contribution in [0.5, 0.6) is 0 Å². The molecule has 1 aromatic carbocycles. The van der Waals surface area contributed by atoms with Crippen molar-refractivity contribution in [1.82, 2.24) is 10.0 Å². The monoisotopic (exact) mass is 342 g/mol. The van der Waals surface area contributed by atoms with Gasteiger partial charge in [0.1, 0.15) is 10.7 Å². The Morgan fingerprint density at radius 3 is 2.75 bits per heavy atom. The van der Waals surface area contributed by atoms with Crippen molar-refractivity contribution in [2.45, 2.75) is 36.7 Å². The Bertz CT molecular complexity index is 548. The molecule has 2 atom stereocenters. The molecule has 0 aliphatic carbocycles. The van der Waals surface area contributed by atoms with Gasteiger partial charge in [0.2, 0.25) is 10.0 Å². The summed E-state index contributed by atoms with van der Waals surface area (Å²) < 4.78 is 40.6. The topological polar surface area (TPSA) is 58.2 Å².